The molecule has 0 fully saturated rings. The molecular formula is C13H8ClFN2. The van der Waals surface area contributed by atoms with Gasteiger partial charge in [0.15, 0.2) is 0 Å². The molecule has 0 amide bonds. The van der Waals surface area contributed by atoms with Gasteiger partial charge in [0.1, 0.15) is 11.3 Å². The van der Waals surface area contributed by atoms with Crippen molar-refractivity contribution in [1.82, 2.24) is 9.97 Å². The second kappa shape index (κ2) is 3.86. The Labute approximate surface area is 102 Å². The molecule has 0 bridgehead atoms. The summed E-state index contributed by atoms with van der Waals surface area (Å²) in [5, 5.41) is 0.570. The minimum Gasteiger partial charge on any atom is -0.358 e. The molecule has 2 aromatic heterocycles. The van der Waals surface area contributed by atoms with Crippen LogP contribution in [0.15, 0.2) is 42.7 Å². The van der Waals surface area contributed by atoms with Gasteiger partial charge in [0.05, 0.1) is 10.5 Å². The first kappa shape index (κ1) is 10.3. The topological polar surface area (TPSA) is 28.7 Å². The van der Waals surface area contributed by atoms with Gasteiger partial charge in [0.2, 0.25) is 0 Å². The SMILES string of the molecule is Fc1ccccc1-c1cnc2c(Cl)c[nH]c2c1. The number of aromatic nitrogens is 2. The largest absolute Gasteiger partial charge is 0.358 e. The summed E-state index contributed by atoms with van der Waals surface area (Å²) in [6, 6.07) is 8.46. The van der Waals surface area contributed by atoms with Gasteiger partial charge in [0.25, 0.3) is 0 Å². The van der Waals surface area contributed by atoms with Crippen molar-refractivity contribution in [1.29, 1.82) is 0 Å². The number of halogens is 2. The first-order valence-corrected chi connectivity index (χ1v) is 5.51. The average molecular weight is 247 g/mol. The minimum absolute atomic E-state index is 0.258. The molecule has 0 aliphatic heterocycles. The lowest BCUT2D eigenvalue weighted by Crippen LogP contribution is -1.85. The Morgan fingerprint density at radius 3 is 2.88 bits per heavy atom. The lowest BCUT2D eigenvalue weighted by molar-refractivity contribution is 0.631. The number of hydrogen-bond donors (Lipinski definition) is 1. The highest BCUT2D eigenvalue weighted by atomic mass is 35.5. The fourth-order valence-electron chi connectivity index (χ4n) is 1.82. The van der Waals surface area contributed by atoms with E-state index < -0.39 is 0 Å². The number of fused-ring (bicyclic) bond motifs is 1. The van der Waals surface area contributed by atoms with Crippen molar-refractivity contribution in [3.8, 4) is 11.1 Å². The summed E-state index contributed by atoms with van der Waals surface area (Å²) in [5.41, 5.74) is 2.77. The number of benzene rings is 1. The van der Waals surface area contributed by atoms with Crippen LogP contribution in [0.2, 0.25) is 5.02 Å². The van der Waals surface area contributed by atoms with Crippen LogP contribution in [0.1, 0.15) is 0 Å². The maximum absolute atomic E-state index is 13.6. The zero-order valence-electron chi connectivity index (χ0n) is 8.74. The molecule has 4 heteroatoms. The van der Waals surface area contributed by atoms with Crippen molar-refractivity contribution >= 4 is 22.6 Å². The van der Waals surface area contributed by atoms with Crippen LogP contribution in [0.25, 0.3) is 22.2 Å². The number of nitrogens with one attached hydrogen (secondary N) is 1. The summed E-state index contributed by atoms with van der Waals surface area (Å²) in [5.74, 6) is -0.258. The third kappa shape index (κ3) is 1.68. The van der Waals surface area contributed by atoms with Crippen LogP contribution in [0.5, 0.6) is 0 Å². The molecule has 1 N–H and O–H groups in total. The van der Waals surface area contributed by atoms with E-state index >= 15 is 0 Å². The number of pyridine rings is 1. The van der Waals surface area contributed by atoms with Gasteiger partial charge < -0.3 is 4.98 Å². The molecular weight excluding hydrogens is 239 g/mol. The molecule has 0 aliphatic rings. The van der Waals surface area contributed by atoms with Crippen molar-refractivity contribution in [3.05, 3.63) is 53.6 Å². The average Bonchev–Trinajstić information content (AvgIpc) is 2.71. The highest BCUT2D eigenvalue weighted by Crippen LogP contribution is 2.27. The first-order valence-electron chi connectivity index (χ1n) is 5.13. The second-order valence-electron chi connectivity index (χ2n) is 3.74. The van der Waals surface area contributed by atoms with Crippen LogP contribution in [-0.4, -0.2) is 9.97 Å². The van der Waals surface area contributed by atoms with Crippen LogP contribution in [0.4, 0.5) is 4.39 Å². The number of H-pyrrole nitrogens is 1. The van der Waals surface area contributed by atoms with Gasteiger partial charge in [-0.3, -0.25) is 4.98 Å². The van der Waals surface area contributed by atoms with E-state index in [-0.39, 0.29) is 5.82 Å². The third-order valence-corrected chi connectivity index (χ3v) is 2.94. The highest BCUT2D eigenvalue weighted by molar-refractivity contribution is 6.35. The Kier molecular flexibility index (Phi) is 2.34. The van der Waals surface area contributed by atoms with E-state index in [1.807, 2.05) is 6.07 Å². The van der Waals surface area contributed by atoms with Crippen LogP contribution in [0, 0.1) is 5.82 Å². The molecule has 1 aromatic carbocycles. The van der Waals surface area contributed by atoms with Gasteiger partial charge in [-0.2, -0.15) is 0 Å². The van der Waals surface area contributed by atoms with Crippen molar-refractivity contribution in [3.63, 3.8) is 0 Å². The van der Waals surface area contributed by atoms with Gasteiger partial charge in [0, 0.05) is 23.5 Å². The second-order valence-corrected chi connectivity index (χ2v) is 4.14. The molecule has 0 unspecified atom stereocenters. The molecule has 2 heterocycles. The van der Waals surface area contributed by atoms with Crippen molar-refractivity contribution in [2.75, 3.05) is 0 Å². The van der Waals surface area contributed by atoms with Crippen LogP contribution in [0.3, 0.4) is 0 Å². The van der Waals surface area contributed by atoms with Gasteiger partial charge in [-0.1, -0.05) is 29.8 Å². The molecule has 0 radical (unpaired) electrons. The van der Waals surface area contributed by atoms with E-state index in [1.54, 1.807) is 30.6 Å². The van der Waals surface area contributed by atoms with Crippen molar-refractivity contribution in [2.45, 2.75) is 0 Å². The van der Waals surface area contributed by atoms with Gasteiger partial charge >= 0.3 is 0 Å². The Morgan fingerprint density at radius 2 is 2.06 bits per heavy atom. The van der Waals surface area contributed by atoms with Gasteiger partial charge in [-0.05, 0) is 12.1 Å². The predicted octanol–water partition coefficient (Wildman–Crippen LogP) is 4.02. The molecule has 2 nitrogen and oxygen atoms in total. The Balaban J connectivity index is 2.22. The lowest BCUT2D eigenvalue weighted by Gasteiger charge is -2.02. The van der Waals surface area contributed by atoms with E-state index in [4.69, 9.17) is 11.6 Å². The molecule has 0 aliphatic carbocycles. The Hall–Kier alpha value is -1.87. The van der Waals surface area contributed by atoms with E-state index in [1.165, 1.54) is 6.07 Å². The summed E-state index contributed by atoms with van der Waals surface area (Å²) in [6.07, 6.45) is 3.30. The van der Waals surface area contributed by atoms with E-state index in [9.17, 15) is 4.39 Å². The monoisotopic (exact) mass is 246 g/mol. The van der Waals surface area contributed by atoms with E-state index in [0.717, 1.165) is 11.1 Å². The Morgan fingerprint density at radius 1 is 1.24 bits per heavy atom. The highest BCUT2D eigenvalue weighted by Gasteiger charge is 2.08. The number of hydrogen-bond acceptors (Lipinski definition) is 1. The quantitative estimate of drug-likeness (QED) is 0.690. The van der Waals surface area contributed by atoms with E-state index in [2.05, 4.69) is 9.97 Å². The summed E-state index contributed by atoms with van der Waals surface area (Å²) >= 11 is 5.93. The standard InChI is InChI=1S/C13H8ClFN2/c14-10-7-16-12-5-8(6-17-13(10)12)9-3-1-2-4-11(9)15/h1-7,16H. The maximum atomic E-state index is 13.6. The minimum atomic E-state index is -0.258. The molecule has 0 spiro atoms. The van der Waals surface area contributed by atoms with Crippen LogP contribution >= 0.6 is 11.6 Å². The molecule has 0 saturated heterocycles. The summed E-state index contributed by atoms with van der Waals surface area (Å²) in [6.45, 7) is 0. The van der Waals surface area contributed by atoms with Gasteiger partial charge in [-0.25, -0.2) is 4.39 Å². The summed E-state index contributed by atoms with van der Waals surface area (Å²) < 4.78 is 13.6. The van der Waals surface area contributed by atoms with Crippen molar-refractivity contribution in [2.24, 2.45) is 0 Å². The lowest BCUT2D eigenvalue weighted by atomic mass is 10.1. The molecule has 3 rings (SSSR count). The zero-order chi connectivity index (χ0) is 11.8. The Bertz CT molecular complexity index is 691. The molecule has 3 aromatic rings. The number of aromatic amines is 1. The fraction of sp³-hybridized carbons (Fsp3) is 0. The number of rotatable bonds is 1. The summed E-state index contributed by atoms with van der Waals surface area (Å²) in [7, 11) is 0. The maximum Gasteiger partial charge on any atom is 0.131 e. The molecule has 0 atom stereocenters. The fourth-order valence-corrected chi connectivity index (χ4v) is 2.02. The molecule has 84 valence electrons. The van der Waals surface area contributed by atoms with Crippen LogP contribution in [-0.2, 0) is 0 Å². The normalized spacial score (nSPS) is 10.9. The van der Waals surface area contributed by atoms with Crippen LogP contribution < -0.4 is 0 Å². The zero-order valence-corrected chi connectivity index (χ0v) is 9.50. The first-order chi connectivity index (χ1) is 8.25. The number of nitrogens with zero attached hydrogens (tertiary/aromatic N) is 1. The summed E-state index contributed by atoms with van der Waals surface area (Å²) in [4.78, 5) is 7.23. The van der Waals surface area contributed by atoms with E-state index in [0.29, 0.717) is 16.1 Å². The predicted molar refractivity (Wildman–Crippen MR) is 66.5 cm³/mol. The molecule has 17 heavy (non-hydrogen) atoms. The third-order valence-electron chi connectivity index (χ3n) is 2.65. The smallest absolute Gasteiger partial charge is 0.131 e. The molecule has 0 saturated carbocycles. The van der Waals surface area contributed by atoms with Gasteiger partial charge in [-0.15, -0.1) is 0 Å². The van der Waals surface area contributed by atoms with Crippen molar-refractivity contribution < 1.29 is 4.39 Å².